The van der Waals surface area contributed by atoms with E-state index in [2.05, 4.69) is 25.9 Å². The van der Waals surface area contributed by atoms with E-state index < -0.39 is 0 Å². The lowest BCUT2D eigenvalue weighted by atomic mass is 9.69. The first-order chi connectivity index (χ1) is 8.39. The highest BCUT2D eigenvalue weighted by molar-refractivity contribution is 5.96. The largest absolute Gasteiger partial charge is 0.292 e. The zero-order chi connectivity index (χ0) is 13.3. The molecule has 1 fully saturated rings. The third-order valence-corrected chi connectivity index (χ3v) is 4.40. The summed E-state index contributed by atoms with van der Waals surface area (Å²) in [6, 6.07) is 1.83. The average molecular weight is 248 g/mol. The Labute approximate surface area is 110 Å². The van der Waals surface area contributed by atoms with Gasteiger partial charge in [-0.25, -0.2) is 0 Å². The second kappa shape index (κ2) is 4.87. The predicted octanol–water partition coefficient (Wildman–Crippen LogP) is 3.46. The maximum atomic E-state index is 12.4. The van der Waals surface area contributed by atoms with E-state index in [0.717, 1.165) is 24.5 Å². The van der Waals surface area contributed by atoms with Gasteiger partial charge in [0.1, 0.15) is 5.69 Å². The van der Waals surface area contributed by atoms with Crippen LogP contribution in [0.3, 0.4) is 0 Å². The lowest BCUT2D eigenvalue weighted by Crippen LogP contribution is -2.29. The van der Waals surface area contributed by atoms with Gasteiger partial charge in [0, 0.05) is 19.2 Å². The standard InChI is InChI=1S/C15H24N2O/c1-15(2,3)12-7-5-11(6-8-12)14(18)13-9-10-16-17(13)4/h9-12H,5-8H2,1-4H3. The van der Waals surface area contributed by atoms with Crippen LogP contribution in [0.5, 0.6) is 0 Å². The van der Waals surface area contributed by atoms with Crippen LogP contribution in [0.15, 0.2) is 12.3 Å². The van der Waals surface area contributed by atoms with Crippen LogP contribution in [-0.2, 0) is 7.05 Å². The second-order valence-corrected chi connectivity index (χ2v) is 6.62. The summed E-state index contributed by atoms with van der Waals surface area (Å²) >= 11 is 0. The Morgan fingerprint density at radius 1 is 1.28 bits per heavy atom. The number of rotatable bonds is 2. The summed E-state index contributed by atoms with van der Waals surface area (Å²) < 4.78 is 1.69. The molecular formula is C15H24N2O. The van der Waals surface area contributed by atoms with E-state index >= 15 is 0 Å². The van der Waals surface area contributed by atoms with Gasteiger partial charge in [-0.2, -0.15) is 5.10 Å². The molecule has 100 valence electrons. The van der Waals surface area contributed by atoms with Crippen molar-refractivity contribution in [3.63, 3.8) is 0 Å². The highest BCUT2D eigenvalue weighted by atomic mass is 16.1. The minimum atomic E-state index is 0.207. The third kappa shape index (κ3) is 2.65. The van der Waals surface area contributed by atoms with E-state index in [1.165, 1.54) is 12.8 Å². The molecule has 1 aromatic rings. The minimum Gasteiger partial charge on any atom is -0.292 e. The van der Waals surface area contributed by atoms with Crippen molar-refractivity contribution in [1.82, 2.24) is 9.78 Å². The molecule has 3 nitrogen and oxygen atoms in total. The summed E-state index contributed by atoms with van der Waals surface area (Å²) in [4.78, 5) is 12.4. The monoisotopic (exact) mass is 248 g/mol. The van der Waals surface area contributed by atoms with Crippen molar-refractivity contribution in [3.8, 4) is 0 Å². The van der Waals surface area contributed by atoms with Gasteiger partial charge in [-0.05, 0) is 43.1 Å². The summed E-state index contributed by atoms with van der Waals surface area (Å²) in [6.45, 7) is 6.92. The lowest BCUT2D eigenvalue weighted by molar-refractivity contribution is 0.0810. The molecule has 0 N–H and O–H groups in total. The van der Waals surface area contributed by atoms with Gasteiger partial charge in [0.25, 0.3) is 0 Å². The summed E-state index contributed by atoms with van der Waals surface area (Å²) in [5.41, 5.74) is 1.13. The maximum Gasteiger partial charge on any atom is 0.183 e. The molecule has 1 aliphatic rings. The summed E-state index contributed by atoms with van der Waals surface area (Å²) in [5.74, 6) is 1.24. The second-order valence-electron chi connectivity index (χ2n) is 6.62. The minimum absolute atomic E-state index is 0.207. The van der Waals surface area contributed by atoms with Crippen LogP contribution in [0, 0.1) is 17.3 Å². The van der Waals surface area contributed by atoms with Crippen molar-refractivity contribution in [2.45, 2.75) is 46.5 Å². The number of aromatic nitrogens is 2. The van der Waals surface area contributed by atoms with Gasteiger partial charge in [0.2, 0.25) is 0 Å². The normalized spacial score (nSPS) is 25.1. The fraction of sp³-hybridized carbons (Fsp3) is 0.733. The van der Waals surface area contributed by atoms with E-state index in [4.69, 9.17) is 0 Å². The van der Waals surface area contributed by atoms with Gasteiger partial charge < -0.3 is 0 Å². The number of hydrogen-bond donors (Lipinski definition) is 0. The molecule has 1 aliphatic carbocycles. The lowest BCUT2D eigenvalue weighted by Gasteiger charge is -2.36. The van der Waals surface area contributed by atoms with Crippen molar-refractivity contribution in [3.05, 3.63) is 18.0 Å². The molecule has 2 rings (SSSR count). The molecule has 0 amide bonds. The highest BCUT2D eigenvalue weighted by Crippen LogP contribution is 2.40. The van der Waals surface area contributed by atoms with Crippen molar-refractivity contribution in [1.29, 1.82) is 0 Å². The van der Waals surface area contributed by atoms with Crippen molar-refractivity contribution in [2.75, 3.05) is 0 Å². The Kier molecular flexibility index (Phi) is 3.60. The first-order valence-electron chi connectivity index (χ1n) is 6.92. The molecular weight excluding hydrogens is 224 g/mol. The van der Waals surface area contributed by atoms with Crippen LogP contribution >= 0.6 is 0 Å². The van der Waals surface area contributed by atoms with Crippen molar-refractivity contribution < 1.29 is 4.79 Å². The SMILES string of the molecule is Cn1nccc1C(=O)C1CCC(C(C)(C)C)CC1. The fourth-order valence-electron chi connectivity index (χ4n) is 3.05. The molecule has 1 saturated carbocycles. The number of hydrogen-bond acceptors (Lipinski definition) is 2. The van der Waals surface area contributed by atoms with Gasteiger partial charge in [0.15, 0.2) is 5.78 Å². The fourth-order valence-corrected chi connectivity index (χ4v) is 3.05. The van der Waals surface area contributed by atoms with E-state index in [1.54, 1.807) is 10.9 Å². The summed E-state index contributed by atoms with van der Waals surface area (Å²) in [7, 11) is 1.84. The van der Waals surface area contributed by atoms with Crippen LogP contribution in [0.2, 0.25) is 0 Å². The molecule has 3 heteroatoms. The Hall–Kier alpha value is -1.12. The van der Waals surface area contributed by atoms with E-state index in [0.29, 0.717) is 5.41 Å². The molecule has 1 heterocycles. The van der Waals surface area contributed by atoms with Crippen LogP contribution in [-0.4, -0.2) is 15.6 Å². The van der Waals surface area contributed by atoms with Crippen molar-refractivity contribution >= 4 is 5.78 Å². The van der Waals surface area contributed by atoms with Crippen LogP contribution < -0.4 is 0 Å². The summed E-state index contributed by atoms with van der Waals surface area (Å²) in [6.07, 6.45) is 6.13. The highest BCUT2D eigenvalue weighted by Gasteiger charge is 2.33. The van der Waals surface area contributed by atoms with Crippen LogP contribution in [0.1, 0.15) is 56.9 Å². The van der Waals surface area contributed by atoms with E-state index in [1.807, 2.05) is 13.1 Å². The molecule has 0 unspecified atom stereocenters. The molecule has 18 heavy (non-hydrogen) atoms. The molecule has 0 bridgehead atoms. The Balaban J connectivity index is 1.99. The Morgan fingerprint density at radius 3 is 2.33 bits per heavy atom. The molecule has 0 aliphatic heterocycles. The number of ketones is 1. The van der Waals surface area contributed by atoms with Gasteiger partial charge >= 0.3 is 0 Å². The van der Waals surface area contributed by atoms with Gasteiger partial charge in [-0.3, -0.25) is 9.48 Å². The third-order valence-electron chi connectivity index (χ3n) is 4.40. The number of aryl methyl sites for hydroxylation is 1. The number of Topliss-reactive ketones (excluding diaryl/α,β-unsaturated/α-hetero) is 1. The molecule has 0 spiro atoms. The van der Waals surface area contributed by atoms with Crippen molar-refractivity contribution in [2.24, 2.45) is 24.3 Å². The molecule has 0 radical (unpaired) electrons. The molecule has 0 atom stereocenters. The van der Waals surface area contributed by atoms with E-state index in [-0.39, 0.29) is 11.7 Å². The van der Waals surface area contributed by atoms with Gasteiger partial charge in [-0.15, -0.1) is 0 Å². The quantitative estimate of drug-likeness (QED) is 0.751. The first-order valence-corrected chi connectivity index (χ1v) is 6.92. The first kappa shape index (κ1) is 13.3. The number of nitrogens with zero attached hydrogens (tertiary/aromatic N) is 2. The maximum absolute atomic E-state index is 12.4. The van der Waals surface area contributed by atoms with E-state index in [9.17, 15) is 4.79 Å². The van der Waals surface area contributed by atoms with Crippen LogP contribution in [0.25, 0.3) is 0 Å². The van der Waals surface area contributed by atoms with Gasteiger partial charge in [-0.1, -0.05) is 20.8 Å². The Morgan fingerprint density at radius 2 is 1.89 bits per heavy atom. The van der Waals surface area contributed by atoms with Gasteiger partial charge in [0.05, 0.1) is 0 Å². The number of carbonyl (C=O) groups excluding carboxylic acids is 1. The summed E-state index contributed by atoms with van der Waals surface area (Å²) in [5, 5.41) is 4.08. The molecule has 0 aromatic carbocycles. The Bertz CT molecular complexity index is 420. The average Bonchev–Trinajstić information content (AvgIpc) is 2.73. The smallest absolute Gasteiger partial charge is 0.183 e. The zero-order valence-electron chi connectivity index (χ0n) is 11.9. The van der Waals surface area contributed by atoms with Crippen LogP contribution in [0.4, 0.5) is 0 Å². The topological polar surface area (TPSA) is 34.9 Å². The molecule has 1 aromatic heterocycles. The molecule has 0 saturated heterocycles. The number of carbonyl (C=O) groups is 1. The zero-order valence-corrected chi connectivity index (χ0v) is 11.9. The predicted molar refractivity (Wildman–Crippen MR) is 72.4 cm³/mol.